The largest absolute Gasteiger partial charge is 0.497 e. The van der Waals surface area contributed by atoms with Crippen LogP contribution in [0.25, 0.3) is 21.9 Å². The Hall–Kier alpha value is -3.54. The van der Waals surface area contributed by atoms with Crippen molar-refractivity contribution in [2.75, 3.05) is 12.4 Å². The number of anilines is 1. The first-order valence-electron chi connectivity index (χ1n) is 9.02. The average Bonchev–Trinajstić information content (AvgIpc) is 3.15. The van der Waals surface area contributed by atoms with Crippen molar-refractivity contribution in [3.8, 4) is 5.75 Å². The molecule has 142 valence electrons. The Bertz CT molecular complexity index is 1240. The molecule has 4 rings (SSSR count). The second-order valence-corrected chi connectivity index (χ2v) is 6.68. The zero-order valence-corrected chi connectivity index (χ0v) is 15.7. The Morgan fingerprint density at radius 1 is 1.18 bits per heavy atom. The zero-order valence-electron chi connectivity index (χ0n) is 15.7. The molecule has 2 N–H and O–H groups in total. The summed E-state index contributed by atoms with van der Waals surface area (Å²) in [6, 6.07) is 13.0. The van der Waals surface area contributed by atoms with E-state index < -0.39 is 5.63 Å². The smallest absolute Gasteiger partial charge is 0.339 e. The molecule has 0 unspecified atom stereocenters. The first-order valence-corrected chi connectivity index (χ1v) is 9.02. The molecular formula is C22H20N2O4. The van der Waals surface area contributed by atoms with E-state index in [2.05, 4.69) is 10.3 Å². The highest BCUT2D eigenvalue weighted by Crippen LogP contribution is 2.24. The summed E-state index contributed by atoms with van der Waals surface area (Å²) in [4.78, 5) is 27.9. The minimum absolute atomic E-state index is 0.150. The number of carbonyl (C=O) groups excluding carboxylic acids is 1. The van der Waals surface area contributed by atoms with E-state index in [0.29, 0.717) is 23.3 Å². The molecule has 0 aliphatic rings. The molecule has 0 radical (unpaired) electrons. The summed E-state index contributed by atoms with van der Waals surface area (Å²) in [5.74, 6) is 0.477. The lowest BCUT2D eigenvalue weighted by Crippen LogP contribution is -2.16. The summed E-state index contributed by atoms with van der Waals surface area (Å²) >= 11 is 0. The van der Waals surface area contributed by atoms with Gasteiger partial charge < -0.3 is 19.5 Å². The number of aromatic amines is 1. The van der Waals surface area contributed by atoms with Crippen molar-refractivity contribution in [3.63, 3.8) is 0 Å². The fourth-order valence-corrected chi connectivity index (χ4v) is 3.38. The van der Waals surface area contributed by atoms with E-state index in [1.54, 1.807) is 13.2 Å². The Labute approximate surface area is 161 Å². The highest BCUT2D eigenvalue weighted by atomic mass is 16.5. The third-order valence-corrected chi connectivity index (χ3v) is 4.93. The van der Waals surface area contributed by atoms with Crippen LogP contribution in [-0.2, 0) is 11.2 Å². The predicted octanol–water partition coefficient (Wildman–Crippen LogP) is 4.16. The van der Waals surface area contributed by atoms with Crippen LogP contribution >= 0.6 is 0 Å². The third kappa shape index (κ3) is 3.36. The molecule has 2 aromatic heterocycles. The normalized spacial score (nSPS) is 11.1. The van der Waals surface area contributed by atoms with Gasteiger partial charge in [-0.1, -0.05) is 0 Å². The average molecular weight is 376 g/mol. The molecular weight excluding hydrogens is 356 g/mol. The van der Waals surface area contributed by atoms with Gasteiger partial charge in [0.1, 0.15) is 11.3 Å². The van der Waals surface area contributed by atoms with E-state index in [1.807, 2.05) is 49.5 Å². The number of methoxy groups -OCH3 is 1. The lowest BCUT2D eigenvalue weighted by Gasteiger charge is -2.09. The van der Waals surface area contributed by atoms with Crippen molar-refractivity contribution < 1.29 is 13.9 Å². The quantitative estimate of drug-likeness (QED) is 0.512. The van der Waals surface area contributed by atoms with Crippen LogP contribution in [0.1, 0.15) is 17.5 Å². The summed E-state index contributed by atoms with van der Waals surface area (Å²) in [5.41, 5.74) is 3.16. The first-order chi connectivity index (χ1) is 13.5. The van der Waals surface area contributed by atoms with Crippen LogP contribution in [0.5, 0.6) is 5.75 Å². The first kappa shape index (κ1) is 17.9. The van der Waals surface area contributed by atoms with Gasteiger partial charge in [-0.3, -0.25) is 4.79 Å². The molecule has 0 spiro atoms. The number of benzene rings is 2. The van der Waals surface area contributed by atoms with Crippen molar-refractivity contribution in [2.24, 2.45) is 0 Å². The number of hydrogen-bond donors (Lipinski definition) is 2. The summed E-state index contributed by atoms with van der Waals surface area (Å²) < 4.78 is 10.6. The summed E-state index contributed by atoms with van der Waals surface area (Å²) in [6.07, 6.45) is 2.36. The maximum atomic E-state index is 12.4. The van der Waals surface area contributed by atoms with Gasteiger partial charge in [0.2, 0.25) is 5.91 Å². The van der Waals surface area contributed by atoms with Gasteiger partial charge >= 0.3 is 5.63 Å². The molecule has 28 heavy (non-hydrogen) atoms. The number of carbonyl (C=O) groups is 1. The Morgan fingerprint density at radius 3 is 2.86 bits per heavy atom. The highest BCUT2D eigenvalue weighted by Gasteiger charge is 2.14. The van der Waals surface area contributed by atoms with E-state index >= 15 is 0 Å². The highest BCUT2D eigenvalue weighted by molar-refractivity contribution is 5.94. The molecule has 0 aliphatic heterocycles. The van der Waals surface area contributed by atoms with Crippen LogP contribution in [0, 0.1) is 6.92 Å². The Balaban J connectivity index is 1.51. The number of aryl methyl sites for hydroxylation is 1. The number of fused-ring (bicyclic) bond motifs is 2. The standard InChI is InChI=1S/C22H20N2O4/c1-13-17-5-4-16(27-2)12-20(17)28-22(26)18(13)6-8-21(25)24-15-3-7-19-14(11-15)9-10-23-19/h3-5,7,9-12,23H,6,8H2,1-2H3,(H,24,25). The number of aromatic nitrogens is 1. The van der Waals surface area contributed by atoms with Gasteiger partial charge in [-0.25, -0.2) is 4.79 Å². The second-order valence-electron chi connectivity index (χ2n) is 6.68. The van der Waals surface area contributed by atoms with Crippen LogP contribution in [0.3, 0.4) is 0 Å². The van der Waals surface area contributed by atoms with Gasteiger partial charge in [0.15, 0.2) is 0 Å². The van der Waals surface area contributed by atoms with Gasteiger partial charge in [0, 0.05) is 46.2 Å². The number of ether oxygens (including phenoxy) is 1. The summed E-state index contributed by atoms with van der Waals surface area (Å²) in [7, 11) is 1.56. The van der Waals surface area contributed by atoms with Gasteiger partial charge in [0.25, 0.3) is 0 Å². The minimum Gasteiger partial charge on any atom is -0.497 e. The summed E-state index contributed by atoms with van der Waals surface area (Å²) in [5, 5.41) is 4.75. The van der Waals surface area contributed by atoms with Crippen molar-refractivity contribution in [1.82, 2.24) is 4.98 Å². The van der Waals surface area contributed by atoms with Gasteiger partial charge in [-0.15, -0.1) is 0 Å². The van der Waals surface area contributed by atoms with Crippen LogP contribution in [-0.4, -0.2) is 18.0 Å². The van der Waals surface area contributed by atoms with E-state index in [-0.39, 0.29) is 12.3 Å². The molecule has 0 aliphatic carbocycles. The molecule has 2 heterocycles. The zero-order chi connectivity index (χ0) is 19.7. The maximum Gasteiger partial charge on any atom is 0.339 e. The van der Waals surface area contributed by atoms with E-state index in [4.69, 9.17) is 9.15 Å². The van der Waals surface area contributed by atoms with Crippen LogP contribution in [0.2, 0.25) is 0 Å². The van der Waals surface area contributed by atoms with Gasteiger partial charge in [0.05, 0.1) is 7.11 Å². The fourth-order valence-electron chi connectivity index (χ4n) is 3.38. The number of amides is 1. The van der Waals surface area contributed by atoms with Gasteiger partial charge in [-0.2, -0.15) is 0 Å². The number of hydrogen-bond acceptors (Lipinski definition) is 4. The minimum atomic E-state index is -0.417. The molecule has 6 heteroatoms. The van der Waals surface area contributed by atoms with Crippen molar-refractivity contribution in [1.29, 1.82) is 0 Å². The Morgan fingerprint density at radius 2 is 2.04 bits per heavy atom. The van der Waals surface area contributed by atoms with Crippen LogP contribution in [0.15, 0.2) is 57.9 Å². The Kier molecular flexibility index (Phi) is 4.61. The van der Waals surface area contributed by atoms with E-state index in [9.17, 15) is 9.59 Å². The molecule has 2 aromatic carbocycles. The van der Waals surface area contributed by atoms with Crippen molar-refractivity contribution in [2.45, 2.75) is 19.8 Å². The van der Waals surface area contributed by atoms with E-state index in [0.717, 1.165) is 27.5 Å². The topological polar surface area (TPSA) is 84.3 Å². The molecule has 0 saturated carbocycles. The third-order valence-electron chi connectivity index (χ3n) is 4.93. The molecule has 0 atom stereocenters. The van der Waals surface area contributed by atoms with Gasteiger partial charge in [-0.05, 0) is 55.3 Å². The molecule has 0 bridgehead atoms. The molecule has 6 nitrogen and oxygen atoms in total. The van der Waals surface area contributed by atoms with E-state index in [1.165, 1.54) is 0 Å². The van der Waals surface area contributed by atoms with Crippen LogP contribution < -0.4 is 15.7 Å². The van der Waals surface area contributed by atoms with Crippen LogP contribution in [0.4, 0.5) is 5.69 Å². The lowest BCUT2D eigenvalue weighted by molar-refractivity contribution is -0.116. The molecule has 0 saturated heterocycles. The van der Waals surface area contributed by atoms with Crippen molar-refractivity contribution >= 4 is 33.5 Å². The SMILES string of the molecule is COc1ccc2c(C)c(CCC(=O)Nc3ccc4[nH]ccc4c3)c(=O)oc2c1. The van der Waals surface area contributed by atoms with Crippen molar-refractivity contribution in [3.05, 3.63) is 70.2 Å². The molecule has 4 aromatic rings. The molecule has 1 amide bonds. The predicted molar refractivity (Wildman–Crippen MR) is 109 cm³/mol. The maximum absolute atomic E-state index is 12.4. The molecule has 0 fully saturated rings. The summed E-state index contributed by atoms with van der Waals surface area (Å²) in [6.45, 7) is 1.87. The number of rotatable bonds is 5. The second kappa shape index (κ2) is 7.23. The lowest BCUT2D eigenvalue weighted by atomic mass is 10.0. The number of nitrogens with one attached hydrogen (secondary N) is 2. The number of H-pyrrole nitrogens is 1. The monoisotopic (exact) mass is 376 g/mol. The fraction of sp³-hybridized carbons (Fsp3) is 0.182.